The van der Waals surface area contributed by atoms with Gasteiger partial charge in [0.15, 0.2) is 11.6 Å². The number of carbonyl (C=O) groups excluding carboxylic acids is 1. The molecule has 0 fully saturated rings. The van der Waals surface area contributed by atoms with Crippen LogP contribution in [-0.2, 0) is 16.0 Å². The second kappa shape index (κ2) is 4.69. The van der Waals surface area contributed by atoms with Crippen molar-refractivity contribution in [2.24, 2.45) is 0 Å². The van der Waals surface area contributed by atoms with E-state index in [1.165, 1.54) is 19.1 Å². The molecule has 0 spiro atoms. The largest absolute Gasteiger partial charge is 0.466 e. The second-order valence-corrected chi connectivity index (χ2v) is 2.80. The van der Waals surface area contributed by atoms with E-state index in [1.54, 1.807) is 0 Å². The third kappa shape index (κ3) is 2.80. The highest BCUT2D eigenvalue weighted by Crippen LogP contribution is 2.11. The van der Waals surface area contributed by atoms with E-state index in [1.807, 2.05) is 0 Å². The Kier molecular flexibility index (Phi) is 3.56. The summed E-state index contributed by atoms with van der Waals surface area (Å²) < 4.78 is 30.3. The Morgan fingerprint density at radius 2 is 2.14 bits per heavy atom. The number of hydrogen-bond acceptors (Lipinski definition) is 2. The molecule has 0 N–H and O–H groups in total. The lowest BCUT2D eigenvalue weighted by Gasteiger charge is -2.03. The SMILES string of the molecule is CC(=O)OCCc1cccc(F)c1F. The highest BCUT2D eigenvalue weighted by atomic mass is 19.2. The van der Waals surface area contributed by atoms with Crippen LogP contribution >= 0.6 is 0 Å². The van der Waals surface area contributed by atoms with E-state index in [0.717, 1.165) is 6.07 Å². The fourth-order valence-corrected chi connectivity index (χ4v) is 1.05. The molecule has 0 saturated heterocycles. The monoisotopic (exact) mass is 200 g/mol. The zero-order valence-electron chi connectivity index (χ0n) is 7.72. The Morgan fingerprint density at radius 3 is 2.79 bits per heavy atom. The quantitative estimate of drug-likeness (QED) is 0.698. The maximum absolute atomic E-state index is 13.0. The number of halogens is 2. The average molecular weight is 200 g/mol. The first-order valence-electron chi connectivity index (χ1n) is 4.17. The van der Waals surface area contributed by atoms with E-state index in [-0.39, 0.29) is 18.6 Å². The molecule has 0 heterocycles. The first-order chi connectivity index (χ1) is 6.61. The van der Waals surface area contributed by atoms with Gasteiger partial charge in [0.25, 0.3) is 0 Å². The fraction of sp³-hybridized carbons (Fsp3) is 0.300. The highest BCUT2D eigenvalue weighted by molar-refractivity contribution is 5.65. The number of rotatable bonds is 3. The molecule has 0 aliphatic carbocycles. The minimum absolute atomic E-state index is 0.0652. The number of benzene rings is 1. The van der Waals surface area contributed by atoms with Crippen LogP contribution in [0, 0.1) is 11.6 Å². The minimum atomic E-state index is -0.884. The lowest BCUT2D eigenvalue weighted by molar-refractivity contribution is -0.140. The van der Waals surface area contributed by atoms with Crippen molar-refractivity contribution in [3.63, 3.8) is 0 Å². The minimum Gasteiger partial charge on any atom is -0.466 e. The van der Waals surface area contributed by atoms with Gasteiger partial charge in [-0.3, -0.25) is 4.79 Å². The number of hydrogen-bond donors (Lipinski definition) is 0. The molecule has 1 aromatic rings. The van der Waals surface area contributed by atoms with Gasteiger partial charge in [-0.25, -0.2) is 8.78 Å². The van der Waals surface area contributed by atoms with E-state index in [0.29, 0.717) is 0 Å². The zero-order chi connectivity index (χ0) is 10.6. The summed E-state index contributed by atoms with van der Waals surface area (Å²) in [4.78, 5) is 10.4. The number of ether oxygens (including phenoxy) is 1. The van der Waals surface area contributed by atoms with Gasteiger partial charge in [-0.1, -0.05) is 12.1 Å². The van der Waals surface area contributed by atoms with Gasteiger partial charge < -0.3 is 4.74 Å². The van der Waals surface area contributed by atoms with Crippen molar-refractivity contribution in [3.8, 4) is 0 Å². The summed E-state index contributed by atoms with van der Waals surface area (Å²) in [7, 11) is 0. The Labute approximate surface area is 80.5 Å². The molecule has 0 aromatic heterocycles. The molecule has 0 radical (unpaired) electrons. The predicted octanol–water partition coefficient (Wildman–Crippen LogP) is 2.07. The van der Waals surface area contributed by atoms with Gasteiger partial charge >= 0.3 is 5.97 Å². The van der Waals surface area contributed by atoms with E-state index in [4.69, 9.17) is 0 Å². The van der Waals surface area contributed by atoms with Crippen LogP contribution in [-0.4, -0.2) is 12.6 Å². The number of esters is 1. The first kappa shape index (κ1) is 10.6. The first-order valence-corrected chi connectivity index (χ1v) is 4.17. The zero-order valence-corrected chi connectivity index (χ0v) is 7.72. The highest BCUT2D eigenvalue weighted by Gasteiger charge is 2.07. The van der Waals surface area contributed by atoms with Crippen LogP contribution < -0.4 is 0 Å². The normalized spacial score (nSPS) is 9.93. The Bertz CT molecular complexity index is 337. The van der Waals surface area contributed by atoms with Crippen molar-refractivity contribution in [2.45, 2.75) is 13.3 Å². The third-order valence-electron chi connectivity index (χ3n) is 1.71. The van der Waals surface area contributed by atoms with Crippen molar-refractivity contribution in [2.75, 3.05) is 6.61 Å². The van der Waals surface area contributed by atoms with E-state index < -0.39 is 17.6 Å². The molecule has 1 aromatic carbocycles. The van der Waals surface area contributed by atoms with Crippen LogP contribution in [0.5, 0.6) is 0 Å². The van der Waals surface area contributed by atoms with Gasteiger partial charge in [-0.05, 0) is 11.6 Å². The average Bonchev–Trinajstić information content (AvgIpc) is 2.12. The molecule has 76 valence electrons. The molecule has 0 atom stereocenters. The van der Waals surface area contributed by atoms with E-state index >= 15 is 0 Å². The van der Waals surface area contributed by atoms with Crippen LogP contribution in [0.2, 0.25) is 0 Å². The molecule has 0 saturated carbocycles. The van der Waals surface area contributed by atoms with Crippen molar-refractivity contribution in [3.05, 3.63) is 35.4 Å². The summed E-state index contributed by atoms with van der Waals surface area (Å²) in [5.41, 5.74) is 0.214. The lowest BCUT2D eigenvalue weighted by atomic mass is 10.1. The Morgan fingerprint density at radius 1 is 1.43 bits per heavy atom. The smallest absolute Gasteiger partial charge is 0.302 e. The molecule has 0 bridgehead atoms. The molecule has 2 nitrogen and oxygen atoms in total. The lowest BCUT2D eigenvalue weighted by Crippen LogP contribution is -2.05. The predicted molar refractivity (Wildman–Crippen MR) is 46.7 cm³/mol. The van der Waals surface area contributed by atoms with Gasteiger partial charge in [0.05, 0.1) is 6.61 Å². The molecule has 1 rings (SSSR count). The Balaban J connectivity index is 2.59. The van der Waals surface area contributed by atoms with Gasteiger partial charge in [0.2, 0.25) is 0 Å². The van der Waals surface area contributed by atoms with Crippen LogP contribution in [0.15, 0.2) is 18.2 Å². The molecular weight excluding hydrogens is 190 g/mol. The summed E-state index contributed by atoms with van der Waals surface area (Å²) in [6, 6.07) is 3.92. The van der Waals surface area contributed by atoms with Crippen molar-refractivity contribution in [1.82, 2.24) is 0 Å². The standard InChI is InChI=1S/C10H10F2O2/c1-7(13)14-6-5-8-3-2-4-9(11)10(8)12/h2-4H,5-6H2,1H3. The summed E-state index contributed by atoms with van der Waals surface area (Å²) in [5, 5.41) is 0. The van der Waals surface area contributed by atoms with Crippen LogP contribution in [0.25, 0.3) is 0 Å². The molecule has 4 heteroatoms. The molecular formula is C10H10F2O2. The van der Waals surface area contributed by atoms with E-state index in [9.17, 15) is 13.6 Å². The maximum Gasteiger partial charge on any atom is 0.302 e. The number of carbonyl (C=O) groups is 1. The molecule has 14 heavy (non-hydrogen) atoms. The maximum atomic E-state index is 13.0. The van der Waals surface area contributed by atoms with Crippen molar-refractivity contribution >= 4 is 5.97 Å². The summed E-state index contributed by atoms with van der Waals surface area (Å²) in [6.45, 7) is 1.33. The summed E-state index contributed by atoms with van der Waals surface area (Å²) in [5.74, 6) is -2.19. The van der Waals surface area contributed by atoms with Gasteiger partial charge in [-0.15, -0.1) is 0 Å². The van der Waals surface area contributed by atoms with Gasteiger partial charge in [-0.2, -0.15) is 0 Å². The molecule has 0 unspecified atom stereocenters. The van der Waals surface area contributed by atoms with Crippen LogP contribution in [0.3, 0.4) is 0 Å². The van der Waals surface area contributed by atoms with Gasteiger partial charge in [0.1, 0.15) is 0 Å². The van der Waals surface area contributed by atoms with Gasteiger partial charge in [0, 0.05) is 13.3 Å². The Hall–Kier alpha value is -1.45. The van der Waals surface area contributed by atoms with Crippen molar-refractivity contribution in [1.29, 1.82) is 0 Å². The second-order valence-electron chi connectivity index (χ2n) is 2.80. The molecule has 0 aliphatic heterocycles. The summed E-state index contributed by atoms with van der Waals surface area (Å²) in [6.07, 6.45) is 0.184. The van der Waals surface area contributed by atoms with Crippen LogP contribution in [0.4, 0.5) is 8.78 Å². The summed E-state index contributed by atoms with van der Waals surface area (Å²) >= 11 is 0. The molecule has 0 aliphatic rings. The fourth-order valence-electron chi connectivity index (χ4n) is 1.05. The molecule has 0 amide bonds. The third-order valence-corrected chi connectivity index (χ3v) is 1.71. The topological polar surface area (TPSA) is 26.3 Å². The van der Waals surface area contributed by atoms with E-state index in [2.05, 4.69) is 4.74 Å². The van der Waals surface area contributed by atoms with Crippen molar-refractivity contribution < 1.29 is 18.3 Å². The van der Waals surface area contributed by atoms with Crippen LogP contribution in [0.1, 0.15) is 12.5 Å².